The van der Waals surface area contributed by atoms with Gasteiger partial charge in [-0.05, 0) is 49.1 Å². The summed E-state index contributed by atoms with van der Waals surface area (Å²) >= 11 is 12.3. The minimum atomic E-state index is -0.307. The largest absolute Gasteiger partial charge is 0.331 e. The van der Waals surface area contributed by atoms with Gasteiger partial charge in [0.15, 0.2) is 0 Å². The number of rotatable bonds is 6. The Kier molecular flexibility index (Phi) is 6.54. The van der Waals surface area contributed by atoms with E-state index >= 15 is 0 Å². The van der Waals surface area contributed by atoms with Gasteiger partial charge in [-0.2, -0.15) is 0 Å². The first-order valence-electron chi connectivity index (χ1n) is 10.7. The van der Waals surface area contributed by atoms with Crippen LogP contribution in [0.15, 0.2) is 36.4 Å². The molecule has 0 bridgehead atoms. The molecule has 1 aromatic heterocycles. The Morgan fingerprint density at radius 3 is 2.61 bits per heavy atom. The molecule has 164 valence electrons. The molecule has 0 aliphatic heterocycles. The maximum Gasteiger partial charge on any atom is 0.255 e. The molecule has 0 spiro atoms. The molecular formula is C24H26Cl2FN3O. The molecule has 0 N–H and O–H groups in total. The molecule has 3 aromatic rings. The predicted octanol–water partition coefficient (Wildman–Crippen LogP) is 6.90. The third-order valence-corrected chi connectivity index (χ3v) is 6.33. The summed E-state index contributed by atoms with van der Waals surface area (Å²) in [5.41, 5.74) is 1.97. The van der Waals surface area contributed by atoms with Crippen LogP contribution in [0, 0.1) is 11.7 Å². The van der Waals surface area contributed by atoms with E-state index in [1.807, 2.05) is 0 Å². The summed E-state index contributed by atoms with van der Waals surface area (Å²) in [5.74, 6) is 0.577. The summed E-state index contributed by atoms with van der Waals surface area (Å²) < 4.78 is 16.1. The molecule has 1 fully saturated rings. The Morgan fingerprint density at radius 2 is 1.94 bits per heavy atom. The Hall–Kier alpha value is -2.11. The second-order valence-electron chi connectivity index (χ2n) is 8.67. The molecule has 0 radical (unpaired) electrons. The van der Waals surface area contributed by atoms with Gasteiger partial charge < -0.3 is 9.47 Å². The van der Waals surface area contributed by atoms with Crippen LogP contribution in [-0.2, 0) is 6.54 Å². The van der Waals surface area contributed by atoms with Crippen molar-refractivity contribution in [3.8, 4) is 0 Å². The molecule has 1 saturated carbocycles. The van der Waals surface area contributed by atoms with Gasteiger partial charge in [-0.15, -0.1) is 0 Å². The number of nitrogens with zero attached hydrogens (tertiary/aromatic N) is 3. The van der Waals surface area contributed by atoms with Gasteiger partial charge in [-0.25, -0.2) is 9.37 Å². The van der Waals surface area contributed by atoms with Crippen molar-refractivity contribution in [3.05, 3.63) is 63.6 Å². The van der Waals surface area contributed by atoms with Crippen LogP contribution in [0.25, 0.3) is 11.0 Å². The summed E-state index contributed by atoms with van der Waals surface area (Å²) in [6.45, 7) is 5.03. The predicted molar refractivity (Wildman–Crippen MR) is 123 cm³/mol. The summed E-state index contributed by atoms with van der Waals surface area (Å²) in [6, 6.07) is 9.98. The van der Waals surface area contributed by atoms with Crippen LogP contribution in [0.1, 0.15) is 61.8 Å². The van der Waals surface area contributed by atoms with Crippen LogP contribution in [-0.4, -0.2) is 26.9 Å². The summed E-state index contributed by atoms with van der Waals surface area (Å²) in [7, 11) is 0. The number of aromatic nitrogens is 2. The van der Waals surface area contributed by atoms with E-state index in [-0.39, 0.29) is 17.6 Å². The molecule has 0 atom stereocenters. The van der Waals surface area contributed by atoms with Crippen molar-refractivity contribution in [1.82, 2.24) is 14.5 Å². The highest BCUT2D eigenvalue weighted by Gasteiger charge is 2.26. The van der Waals surface area contributed by atoms with E-state index < -0.39 is 0 Å². The minimum Gasteiger partial charge on any atom is -0.331 e. The lowest BCUT2D eigenvalue weighted by Gasteiger charge is -2.26. The van der Waals surface area contributed by atoms with Crippen LogP contribution in [0.2, 0.25) is 10.0 Å². The number of benzene rings is 2. The minimum absolute atomic E-state index is 0.161. The van der Waals surface area contributed by atoms with Crippen molar-refractivity contribution in [2.45, 2.75) is 52.1 Å². The molecule has 31 heavy (non-hydrogen) atoms. The first-order valence-corrected chi connectivity index (χ1v) is 11.5. The molecule has 2 aromatic carbocycles. The second kappa shape index (κ2) is 9.17. The van der Waals surface area contributed by atoms with Crippen LogP contribution < -0.4 is 0 Å². The molecule has 1 amide bonds. The monoisotopic (exact) mass is 461 g/mol. The summed E-state index contributed by atoms with van der Waals surface area (Å²) in [4.78, 5) is 20.0. The molecule has 1 heterocycles. The zero-order chi connectivity index (χ0) is 22.1. The van der Waals surface area contributed by atoms with Gasteiger partial charge in [-0.3, -0.25) is 4.79 Å². The van der Waals surface area contributed by atoms with E-state index in [1.165, 1.54) is 25.0 Å². The van der Waals surface area contributed by atoms with Crippen LogP contribution >= 0.6 is 23.2 Å². The smallest absolute Gasteiger partial charge is 0.255 e. The first-order chi connectivity index (χ1) is 14.8. The van der Waals surface area contributed by atoms with E-state index in [0.717, 1.165) is 24.2 Å². The normalized spacial score (nSPS) is 14.6. The van der Waals surface area contributed by atoms with E-state index in [4.69, 9.17) is 28.2 Å². The summed E-state index contributed by atoms with van der Waals surface area (Å²) in [5, 5.41) is 0.819. The number of amides is 1. The average molecular weight is 462 g/mol. The highest BCUT2D eigenvalue weighted by molar-refractivity contribution is 6.36. The quantitative estimate of drug-likeness (QED) is 0.400. The number of halogens is 3. The summed E-state index contributed by atoms with van der Waals surface area (Å²) in [6.07, 6.45) is 4.47. The van der Waals surface area contributed by atoms with Crippen LogP contribution in [0.5, 0.6) is 0 Å². The Labute approximate surface area is 192 Å². The molecular weight excluding hydrogens is 436 g/mol. The fourth-order valence-corrected chi connectivity index (χ4v) is 4.96. The third-order valence-electron chi connectivity index (χ3n) is 5.78. The van der Waals surface area contributed by atoms with Gasteiger partial charge in [0, 0.05) is 23.7 Å². The Balaban J connectivity index is 1.74. The van der Waals surface area contributed by atoms with Gasteiger partial charge in [-0.1, -0.05) is 49.9 Å². The molecule has 4 rings (SSSR count). The van der Waals surface area contributed by atoms with E-state index in [1.54, 1.807) is 29.2 Å². The molecule has 0 saturated heterocycles. The number of hydrogen-bond acceptors (Lipinski definition) is 2. The topological polar surface area (TPSA) is 38.1 Å². The number of hydrogen-bond donors (Lipinski definition) is 0. The van der Waals surface area contributed by atoms with Gasteiger partial charge >= 0.3 is 0 Å². The van der Waals surface area contributed by atoms with Gasteiger partial charge in [0.1, 0.15) is 11.6 Å². The maximum absolute atomic E-state index is 13.9. The lowest BCUT2D eigenvalue weighted by atomic mass is 10.1. The number of fused-ring (bicyclic) bond motifs is 1. The average Bonchev–Trinajstić information content (AvgIpc) is 3.33. The highest BCUT2D eigenvalue weighted by atomic mass is 35.5. The Bertz CT molecular complexity index is 1110. The molecule has 0 unspecified atom stereocenters. The molecule has 1 aliphatic carbocycles. The third kappa shape index (κ3) is 4.73. The fourth-order valence-electron chi connectivity index (χ4n) is 4.47. The van der Waals surface area contributed by atoms with Crippen molar-refractivity contribution in [2.75, 3.05) is 6.54 Å². The SMILES string of the molecule is CC(C)CN(Cc1nc2cc(F)ccc2n1C1CCCC1)C(=O)c1ccc(Cl)cc1Cl. The molecule has 4 nitrogen and oxygen atoms in total. The highest BCUT2D eigenvalue weighted by Crippen LogP contribution is 2.34. The lowest BCUT2D eigenvalue weighted by Crippen LogP contribution is -2.35. The van der Waals surface area contributed by atoms with E-state index in [9.17, 15) is 9.18 Å². The van der Waals surface area contributed by atoms with Crippen molar-refractivity contribution in [1.29, 1.82) is 0 Å². The van der Waals surface area contributed by atoms with Crippen molar-refractivity contribution in [2.24, 2.45) is 5.92 Å². The van der Waals surface area contributed by atoms with E-state index in [2.05, 4.69) is 18.4 Å². The number of imidazole rings is 1. The number of carbonyl (C=O) groups is 1. The second-order valence-corrected chi connectivity index (χ2v) is 9.52. The fraction of sp³-hybridized carbons (Fsp3) is 0.417. The standard InChI is InChI=1S/C24H26Cl2FN3O/c1-15(2)13-29(24(31)19-9-7-16(25)11-20(19)26)14-23-28-21-12-17(27)8-10-22(21)30(23)18-5-3-4-6-18/h7-12,15,18H,3-6,13-14H2,1-2H3. The zero-order valence-corrected chi connectivity index (χ0v) is 19.3. The zero-order valence-electron chi connectivity index (χ0n) is 17.7. The molecule has 7 heteroatoms. The van der Waals surface area contributed by atoms with Gasteiger partial charge in [0.2, 0.25) is 0 Å². The lowest BCUT2D eigenvalue weighted by molar-refractivity contribution is 0.0715. The van der Waals surface area contributed by atoms with Crippen molar-refractivity contribution < 1.29 is 9.18 Å². The Morgan fingerprint density at radius 1 is 1.19 bits per heavy atom. The van der Waals surface area contributed by atoms with Crippen LogP contribution in [0.4, 0.5) is 4.39 Å². The van der Waals surface area contributed by atoms with Crippen LogP contribution in [0.3, 0.4) is 0 Å². The first kappa shape index (κ1) is 22.1. The molecule has 1 aliphatic rings. The van der Waals surface area contributed by atoms with E-state index in [0.29, 0.717) is 40.3 Å². The van der Waals surface area contributed by atoms with Crippen molar-refractivity contribution >= 4 is 40.1 Å². The van der Waals surface area contributed by atoms with Gasteiger partial charge in [0.25, 0.3) is 5.91 Å². The van der Waals surface area contributed by atoms with Crippen molar-refractivity contribution in [3.63, 3.8) is 0 Å². The van der Waals surface area contributed by atoms with Gasteiger partial charge in [0.05, 0.1) is 28.2 Å². The number of carbonyl (C=O) groups excluding carboxylic acids is 1. The maximum atomic E-state index is 13.9.